The number of rotatable bonds is 2. The Kier molecular flexibility index (Phi) is 3.20. The third kappa shape index (κ3) is 2.17. The summed E-state index contributed by atoms with van der Waals surface area (Å²) in [7, 11) is 0. The minimum Gasteiger partial charge on any atom is -0.320 e. The van der Waals surface area contributed by atoms with E-state index in [9.17, 15) is 0 Å². The van der Waals surface area contributed by atoms with Gasteiger partial charge < -0.3 is 5.73 Å². The topological polar surface area (TPSA) is 51.8 Å². The van der Waals surface area contributed by atoms with Crippen LogP contribution < -0.4 is 5.73 Å². The first-order valence-corrected chi connectivity index (χ1v) is 6.70. The molecule has 0 spiro atoms. The molecule has 0 aliphatic rings. The van der Waals surface area contributed by atoms with Crippen molar-refractivity contribution in [3.63, 3.8) is 0 Å². The van der Waals surface area contributed by atoms with Gasteiger partial charge in [0.25, 0.3) is 0 Å². The molecule has 0 saturated heterocycles. The number of benzene rings is 1. The zero-order chi connectivity index (χ0) is 14.1. The number of nitrogens with two attached hydrogens (primary N) is 1. The summed E-state index contributed by atoms with van der Waals surface area (Å²) in [5.41, 5.74) is 11.5. The zero-order valence-electron chi connectivity index (χ0n) is 11.7. The molecule has 1 unspecified atom stereocenters. The predicted molar refractivity (Wildman–Crippen MR) is 81.5 cm³/mol. The van der Waals surface area contributed by atoms with E-state index in [0.29, 0.717) is 0 Å². The normalized spacial score (nSPS) is 12.6. The molecule has 2 heterocycles. The second kappa shape index (κ2) is 5.02. The molecule has 2 N–H and O–H groups in total. The number of aromatic nitrogens is 2. The molecule has 2 aromatic heterocycles. The molecule has 0 aliphatic carbocycles. The lowest BCUT2D eigenvalue weighted by Gasteiger charge is -2.16. The largest absolute Gasteiger partial charge is 0.320 e. The van der Waals surface area contributed by atoms with E-state index < -0.39 is 0 Å². The lowest BCUT2D eigenvalue weighted by Crippen LogP contribution is -2.15. The van der Waals surface area contributed by atoms with Crippen LogP contribution in [0.2, 0.25) is 0 Å². The molecule has 3 rings (SSSR count). The summed E-state index contributed by atoms with van der Waals surface area (Å²) in [5, 5.41) is 1.11. The third-order valence-electron chi connectivity index (χ3n) is 3.60. The van der Waals surface area contributed by atoms with Crippen LogP contribution in [0.1, 0.15) is 28.6 Å². The maximum atomic E-state index is 6.45. The number of hydrogen-bond acceptors (Lipinski definition) is 3. The van der Waals surface area contributed by atoms with E-state index in [0.717, 1.165) is 33.4 Å². The summed E-state index contributed by atoms with van der Waals surface area (Å²) in [6.45, 7) is 3.99. The van der Waals surface area contributed by atoms with Crippen molar-refractivity contribution in [2.24, 2.45) is 5.73 Å². The summed E-state index contributed by atoms with van der Waals surface area (Å²) < 4.78 is 0. The summed E-state index contributed by atoms with van der Waals surface area (Å²) in [4.78, 5) is 8.97. The minimum atomic E-state index is -0.207. The van der Waals surface area contributed by atoms with Gasteiger partial charge in [-0.05, 0) is 37.1 Å². The van der Waals surface area contributed by atoms with E-state index in [1.807, 2.05) is 38.1 Å². The van der Waals surface area contributed by atoms with Gasteiger partial charge in [-0.3, -0.25) is 9.97 Å². The van der Waals surface area contributed by atoms with Crippen molar-refractivity contribution >= 4 is 10.9 Å². The molecule has 1 aromatic carbocycles. The summed E-state index contributed by atoms with van der Waals surface area (Å²) in [5.74, 6) is 0. The molecule has 0 radical (unpaired) electrons. The average Bonchev–Trinajstić information content (AvgIpc) is 2.46. The Hall–Kier alpha value is -2.26. The van der Waals surface area contributed by atoms with Crippen molar-refractivity contribution in [3.05, 3.63) is 71.2 Å². The molecule has 3 aromatic rings. The van der Waals surface area contributed by atoms with Gasteiger partial charge in [0.1, 0.15) is 0 Å². The van der Waals surface area contributed by atoms with E-state index in [1.54, 1.807) is 6.20 Å². The molecule has 0 aliphatic heterocycles. The molecule has 100 valence electrons. The van der Waals surface area contributed by atoms with Crippen LogP contribution in [0.4, 0.5) is 0 Å². The van der Waals surface area contributed by atoms with Crippen LogP contribution >= 0.6 is 0 Å². The molecule has 3 nitrogen and oxygen atoms in total. The van der Waals surface area contributed by atoms with E-state index in [4.69, 9.17) is 5.73 Å². The number of para-hydroxylation sites is 1. The van der Waals surface area contributed by atoms with Crippen molar-refractivity contribution in [2.45, 2.75) is 19.9 Å². The van der Waals surface area contributed by atoms with Crippen molar-refractivity contribution in [2.75, 3.05) is 0 Å². The van der Waals surface area contributed by atoms with Gasteiger partial charge in [-0.15, -0.1) is 0 Å². The maximum Gasteiger partial charge on any atom is 0.0753 e. The van der Waals surface area contributed by atoms with Gasteiger partial charge in [-0.2, -0.15) is 0 Å². The van der Waals surface area contributed by atoms with Crippen molar-refractivity contribution in [1.29, 1.82) is 0 Å². The minimum absolute atomic E-state index is 0.207. The first kappa shape index (κ1) is 12.8. The average molecular weight is 263 g/mol. The van der Waals surface area contributed by atoms with Crippen LogP contribution in [0.3, 0.4) is 0 Å². The molecule has 1 atom stereocenters. The Labute approximate surface area is 118 Å². The van der Waals surface area contributed by atoms with Crippen LogP contribution in [0.25, 0.3) is 10.9 Å². The van der Waals surface area contributed by atoms with Crippen molar-refractivity contribution < 1.29 is 0 Å². The van der Waals surface area contributed by atoms with Crippen molar-refractivity contribution in [3.8, 4) is 0 Å². The van der Waals surface area contributed by atoms with Gasteiger partial charge in [-0.1, -0.05) is 30.3 Å². The number of nitrogens with zero attached hydrogens (tertiary/aromatic N) is 2. The predicted octanol–water partition coefficient (Wildman–Crippen LogP) is 3.29. The Bertz CT molecular complexity index is 760. The van der Waals surface area contributed by atoms with Crippen LogP contribution in [-0.2, 0) is 0 Å². The number of hydrogen-bond donors (Lipinski definition) is 1. The van der Waals surface area contributed by atoms with Crippen LogP contribution in [-0.4, -0.2) is 9.97 Å². The highest BCUT2D eigenvalue weighted by Gasteiger charge is 2.15. The van der Waals surface area contributed by atoms with Gasteiger partial charge in [0.15, 0.2) is 0 Å². The van der Waals surface area contributed by atoms with Crippen molar-refractivity contribution in [1.82, 2.24) is 9.97 Å². The Morgan fingerprint density at radius 2 is 1.75 bits per heavy atom. The second-order valence-electron chi connectivity index (χ2n) is 5.03. The van der Waals surface area contributed by atoms with Crippen LogP contribution in [0.5, 0.6) is 0 Å². The van der Waals surface area contributed by atoms with E-state index in [-0.39, 0.29) is 6.04 Å². The Morgan fingerprint density at radius 3 is 2.55 bits per heavy atom. The summed E-state index contributed by atoms with van der Waals surface area (Å²) in [6.07, 6.45) is 1.80. The number of fused-ring (bicyclic) bond motifs is 1. The van der Waals surface area contributed by atoms with Crippen LogP contribution in [0, 0.1) is 13.8 Å². The molecule has 0 amide bonds. The molecule has 0 saturated carbocycles. The highest BCUT2D eigenvalue weighted by molar-refractivity contribution is 5.82. The molecule has 0 bridgehead atoms. The fourth-order valence-electron chi connectivity index (χ4n) is 2.57. The Morgan fingerprint density at radius 1 is 0.950 bits per heavy atom. The molecular weight excluding hydrogens is 246 g/mol. The van der Waals surface area contributed by atoms with Gasteiger partial charge >= 0.3 is 0 Å². The first-order valence-electron chi connectivity index (χ1n) is 6.70. The van der Waals surface area contributed by atoms with E-state index >= 15 is 0 Å². The fourth-order valence-corrected chi connectivity index (χ4v) is 2.57. The van der Waals surface area contributed by atoms with Crippen LogP contribution in [0.15, 0.2) is 48.7 Å². The SMILES string of the molecule is Cc1ccc(C(N)c2cccc3cccnc23)c(C)n1. The first-order chi connectivity index (χ1) is 9.66. The maximum absolute atomic E-state index is 6.45. The quantitative estimate of drug-likeness (QED) is 0.771. The lowest BCUT2D eigenvalue weighted by molar-refractivity contribution is 0.849. The number of pyridine rings is 2. The standard InChI is InChI=1S/C17H17N3/c1-11-8-9-14(12(2)20-11)16(18)15-7-3-5-13-6-4-10-19-17(13)15/h3-10,16H,18H2,1-2H3. The highest BCUT2D eigenvalue weighted by Crippen LogP contribution is 2.27. The highest BCUT2D eigenvalue weighted by atomic mass is 14.7. The van der Waals surface area contributed by atoms with Gasteiger partial charge in [0.05, 0.1) is 11.6 Å². The molecule has 3 heteroatoms. The fraction of sp³-hybridized carbons (Fsp3) is 0.176. The van der Waals surface area contributed by atoms with Gasteiger partial charge in [0.2, 0.25) is 0 Å². The third-order valence-corrected chi connectivity index (χ3v) is 3.60. The molecular formula is C17H17N3. The van der Waals surface area contributed by atoms with Gasteiger partial charge in [0, 0.05) is 23.0 Å². The smallest absolute Gasteiger partial charge is 0.0753 e. The monoisotopic (exact) mass is 263 g/mol. The summed E-state index contributed by atoms with van der Waals surface area (Å²) in [6, 6.07) is 14.0. The second-order valence-corrected chi connectivity index (χ2v) is 5.03. The van der Waals surface area contributed by atoms with Gasteiger partial charge in [-0.25, -0.2) is 0 Å². The zero-order valence-corrected chi connectivity index (χ0v) is 11.7. The van der Waals surface area contributed by atoms with E-state index in [1.165, 1.54) is 0 Å². The summed E-state index contributed by atoms with van der Waals surface area (Å²) >= 11 is 0. The van der Waals surface area contributed by atoms with E-state index in [2.05, 4.69) is 28.2 Å². The lowest BCUT2D eigenvalue weighted by atomic mass is 9.96. The molecule has 0 fully saturated rings. The Balaban J connectivity index is 2.15. The number of aryl methyl sites for hydroxylation is 2. The molecule has 20 heavy (non-hydrogen) atoms.